The second-order valence-electron chi connectivity index (χ2n) is 9.25. The van der Waals surface area contributed by atoms with E-state index in [-0.39, 0.29) is 10.8 Å². The monoisotopic (exact) mass is 356 g/mol. The van der Waals surface area contributed by atoms with Gasteiger partial charge in [0.25, 0.3) is 0 Å². The van der Waals surface area contributed by atoms with Crippen molar-refractivity contribution >= 4 is 23.7 Å². The smallest absolute Gasteiger partial charge is 0.410 e. The van der Waals surface area contributed by atoms with E-state index in [1.165, 1.54) is 0 Å². The fourth-order valence-electron chi connectivity index (χ4n) is 3.36. The molecule has 0 bridgehead atoms. The third-order valence-electron chi connectivity index (χ3n) is 4.76. The van der Waals surface area contributed by atoms with Gasteiger partial charge in [0.2, 0.25) is 0 Å². The average Bonchev–Trinajstić information content (AvgIpc) is 2.39. The SMILES string of the molecule is CC(C)(C)OC(=O)N1CCC2(CC1)CC(C=N[S+]([O-])C(C)(C)C)C2. The lowest BCUT2D eigenvalue weighted by Gasteiger charge is -2.51. The van der Waals surface area contributed by atoms with Crippen molar-refractivity contribution in [2.24, 2.45) is 15.7 Å². The van der Waals surface area contributed by atoms with Crippen LogP contribution in [0.5, 0.6) is 0 Å². The van der Waals surface area contributed by atoms with Crippen LogP contribution in [-0.2, 0) is 16.1 Å². The van der Waals surface area contributed by atoms with E-state index in [2.05, 4.69) is 4.40 Å². The van der Waals surface area contributed by atoms with Gasteiger partial charge in [-0.3, -0.25) is 0 Å². The molecule has 24 heavy (non-hydrogen) atoms. The minimum Gasteiger partial charge on any atom is -0.591 e. The van der Waals surface area contributed by atoms with Crippen LogP contribution in [0.25, 0.3) is 0 Å². The molecule has 1 aliphatic heterocycles. The van der Waals surface area contributed by atoms with Gasteiger partial charge in [-0.15, -0.1) is 0 Å². The predicted octanol–water partition coefficient (Wildman–Crippen LogP) is 3.95. The second-order valence-corrected chi connectivity index (χ2v) is 11.2. The van der Waals surface area contributed by atoms with Crippen molar-refractivity contribution in [3.8, 4) is 0 Å². The first-order chi connectivity index (χ1) is 10.9. The molecule has 0 aromatic rings. The molecule has 0 radical (unpaired) electrons. The van der Waals surface area contributed by atoms with Gasteiger partial charge in [-0.2, -0.15) is 0 Å². The first kappa shape index (κ1) is 19.6. The zero-order chi connectivity index (χ0) is 18.2. The summed E-state index contributed by atoms with van der Waals surface area (Å²) in [6.45, 7) is 13.0. The summed E-state index contributed by atoms with van der Waals surface area (Å²) in [7, 11) is 0. The van der Waals surface area contributed by atoms with Gasteiger partial charge < -0.3 is 14.2 Å². The molecule has 1 saturated carbocycles. The van der Waals surface area contributed by atoms with Gasteiger partial charge in [0.05, 0.1) is 6.21 Å². The summed E-state index contributed by atoms with van der Waals surface area (Å²) in [5.74, 6) is 0.435. The summed E-state index contributed by atoms with van der Waals surface area (Å²) in [4.78, 5) is 13.9. The number of ether oxygens (including phenoxy) is 1. The van der Waals surface area contributed by atoms with Crippen LogP contribution >= 0.6 is 0 Å². The van der Waals surface area contributed by atoms with E-state index in [0.717, 1.165) is 38.8 Å². The summed E-state index contributed by atoms with van der Waals surface area (Å²) in [5, 5.41) is 0. The third kappa shape index (κ3) is 5.12. The Balaban J connectivity index is 1.76. The van der Waals surface area contributed by atoms with Crippen molar-refractivity contribution in [2.45, 2.75) is 77.6 Å². The van der Waals surface area contributed by atoms with Crippen LogP contribution < -0.4 is 0 Å². The van der Waals surface area contributed by atoms with E-state index < -0.39 is 17.0 Å². The Morgan fingerprint density at radius 2 is 1.75 bits per heavy atom. The maximum Gasteiger partial charge on any atom is 0.410 e. The molecule has 1 spiro atoms. The topological polar surface area (TPSA) is 65.0 Å². The van der Waals surface area contributed by atoms with Crippen LogP contribution in [0.3, 0.4) is 0 Å². The van der Waals surface area contributed by atoms with Crippen molar-refractivity contribution < 1.29 is 14.1 Å². The first-order valence-electron chi connectivity index (χ1n) is 8.84. The maximum absolute atomic E-state index is 12.1. The van der Waals surface area contributed by atoms with Gasteiger partial charge in [-0.05, 0) is 78.6 Å². The number of carbonyl (C=O) groups excluding carboxylic acids is 1. The van der Waals surface area contributed by atoms with E-state index >= 15 is 0 Å². The zero-order valence-corrected chi connectivity index (χ0v) is 16.7. The molecule has 1 atom stereocenters. The summed E-state index contributed by atoms with van der Waals surface area (Å²) in [6.07, 6.45) is 5.94. The van der Waals surface area contributed by atoms with Gasteiger partial charge in [0.1, 0.15) is 21.7 Å². The summed E-state index contributed by atoms with van der Waals surface area (Å²) in [5.41, 5.74) is -0.0919. The highest BCUT2D eigenvalue weighted by Gasteiger charge is 2.46. The number of piperidine rings is 1. The van der Waals surface area contributed by atoms with Crippen molar-refractivity contribution in [1.29, 1.82) is 0 Å². The van der Waals surface area contributed by atoms with Crippen LogP contribution in [0.1, 0.15) is 67.2 Å². The molecular formula is C18H32N2O3S. The normalized spacial score (nSPS) is 23.4. The highest BCUT2D eigenvalue weighted by molar-refractivity contribution is 7.91. The van der Waals surface area contributed by atoms with Crippen molar-refractivity contribution in [3.63, 3.8) is 0 Å². The van der Waals surface area contributed by atoms with Gasteiger partial charge >= 0.3 is 6.09 Å². The quantitative estimate of drug-likeness (QED) is 0.556. The predicted molar refractivity (Wildman–Crippen MR) is 98.6 cm³/mol. The molecule has 138 valence electrons. The number of rotatable bonds is 2. The molecular weight excluding hydrogens is 324 g/mol. The molecule has 2 rings (SSSR count). The number of hydrogen-bond donors (Lipinski definition) is 0. The Hall–Kier alpha value is -0.750. The number of hydrogen-bond acceptors (Lipinski definition) is 4. The molecule has 1 heterocycles. The van der Waals surface area contributed by atoms with Gasteiger partial charge in [0, 0.05) is 13.1 Å². The van der Waals surface area contributed by atoms with E-state index in [1.807, 2.05) is 52.7 Å². The van der Waals surface area contributed by atoms with E-state index in [4.69, 9.17) is 4.74 Å². The number of likely N-dealkylation sites (tertiary alicyclic amines) is 1. The Bertz CT molecular complexity index is 477. The lowest BCUT2D eigenvalue weighted by molar-refractivity contribution is -0.0134. The fraction of sp³-hybridized carbons (Fsp3) is 0.889. The van der Waals surface area contributed by atoms with Crippen LogP contribution in [0, 0.1) is 11.3 Å². The molecule has 2 fully saturated rings. The Kier molecular flexibility index (Phi) is 5.60. The molecule has 6 heteroatoms. The lowest BCUT2D eigenvalue weighted by atomic mass is 9.58. The Labute approximate surface area is 149 Å². The first-order valence-corrected chi connectivity index (χ1v) is 9.95. The summed E-state index contributed by atoms with van der Waals surface area (Å²) >= 11 is -1.16. The van der Waals surface area contributed by atoms with E-state index in [0.29, 0.717) is 11.3 Å². The van der Waals surface area contributed by atoms with Crippen LogP contribution in [0.4, 0.5) is 4.79 Å². The van der Waals surface area contributed by atoms with Crippen molar-refractivity contribution in [1.82, 2.24) is 4.90 Å². The zero-order valence-electron chi connectivity index (χ0n) is 15.9. The summed E-state index contributed by atoms with van der Waals surface area (Å²) in [6, 6.07) is 0. The summed E-state index contributed by atoms with van der Waals surface area (Å²) < 4.78 is 21.4. The number of nitrogens with zero attached hydrogens (tertiary/aromatic N) is 2. The lowest BCUT2D eigenvalue weighted by Crippen LogP contribution is -2.50. The van der Waals surface area contributed by atoms with Crippen molar-refractivity contribution in [3.05, 3.63) is 0 Å². The van der Waals surface area contributed by atoms with Gasteiger partial charge in [-0.25, -0.2) is 4.79 Å². The highest BCUT2D eigenvalue weighted by atomic mass is 32.2. The van der Waals surface area contributed by atoms with Crippen LogP contribution in [0.15, 0.2) is 4.40 Å². The Morgan fingerprint density at radius 1 is 1.21 bits per heavy atom. The average molecular weight is 357 g/mol. The molecule has 1 unspecified atom stereocenters. The minimum atomic E-state index is -1.16. The van der Waals surface area contributed by atoms with E-state index in [1.54, 1.807) is 0 Å². The molecule has 1 aliphatic carbocycles. The molecule has 0 N–H and O–H groups in total. The van der Waals surface area contributed by atoms with Crippen LogP contribution in [-0.4, -0.2) is 45.2 Å². The molecule has 2 aliphatic rings. The largest absolute Gasteiger partial charge is 0.591 e. The number of amides is 1. The molecule has 1 saturated heterocycles. The molecule has 1 amide bonds. The van der Waals surface area contributed by atoms with Crippen molar-refractivity contribution in [2.75, 3.05) is 13.1 Å². The molecule has 0 aromatic heterocycles. The van der Waals surface area contributed by atoms with Gasteiger partial charge in [0.15, 0.2) is 0 Å². The van der Waals surface area contributed by atoms with Crippen LogP contribution in [0.2, 0.25) is 0 Å². The van der Waals surface area contributed by atoms with Gasteiger partial charge in [-0.1, -0.05) is 4.40 Å². The fourth-order valence-corrected chi connectivity index (χ4v) is 3.95. The molecule has 0 aromatic carbocycles. The highest BCUT2D eigenvalue weighted by Crippen LogP contribution is 2.52. The second kappa shape index (κ2) is 6.87. The van der Waals surface area contributed by atoms with E-state index in [9.17, 15) is 9.35 Å². The number of carbonyl (C=O) groups is 1. The minimum absolute atomic E-state index is 0.199. The maximum atomic E-state index is 12.1. The third-order valence-corrected chi connectivity index (χ3v) is 6.12. The molecule has 5 nitrogen and oxygen atoms in total. The Morgan fingerprint density at radius 3 is 2.21 bits per heavy atom. The standard InChI is InChI=1S/C18H32N2O3S/c1-16(2,3)23-15(21)20-9-7-18(8-10-20)11-14(12-18)13-19-24(22)17(4,5)6/h13-14H,7-12H2,1-6H3.